The summed E-state index contributed by atoms with van der Waals surface area (Å²) in [5.41, 5.74) is 2.03. The maximum atomic E-state index is 12.5. The van der Waals surface area contributed by atoms with E-state index in [1.165, 1.54) is 5.39 Å². The normalized spacial score (nSPS) is 19.9. The zero-order chi connectivity index (χ0) is 20.3. The van der Waals surface area contributed by atoms with Crippen molar-refractivity contribution in [3.8, 4) is 17.0 Å². The Labute approximate surface area is 176 Å². The Hall–Kier alpha value is -2.92. The van der Waals surface area contributed by atoms with Crippen LogP contribution in [0.3, 0.4) is 0 Å². The second kappa shape index (κ2) is 8.44. The molecule has 1 amide bonds. The first-order valence-corrected chi connectivity index (χ1v) is 10.8. The molecule has 1 aromatic heterocycles. The average molecular weight is 402 g/mol. The second-order valence-corrected chi connectivity index (χ2v) is 8.09. The van der Waals surface area contributed by atoms with Gasteiger partial charge in [0.1, 0.15) is 18.0 Å². The third-order valence-electron chi connectivity index (χ3n) is 6.04. The maximum Gasteiger partial charge on any atom is 0.251 e. The molecule has 2 fully saturated rings. The highest BCUT2D eigenvalue weighted by Gasteiger charge is 2.31. The number of likely N-dealkylation sites (tertiary alicyclic amines) is 1. The highest BCUT2D eigenvalue weighted by Crippen LogP contribution is 2.26. The Kier molecular flexibility index (Phi) is 5.37. The van der Waals surface area contributed by atoms with Crippen LogP contribution in [0.5, 0.6) is 5.75 Å². The lowest BCUT2D eigenvalue weighted by molar-refractivity contribution is -0.142. The van der Waals surface area contributed by atoms with Crippen molar-refractivity contribution in [1.29, 1.82) is 0 Å². The summed E-state index contributed by atoms with van der Waals surface area (Å²) < 4.78 is 11.7. The van der Waals surface area contributed by atoms with Gasteiger partial charge in [-0.05, 0) is 48.6 Å². The Balaban J connectivity index is 1.19. The van der Waals surface area contributed by atoms with Gasteiger partial charge in [0.2, 0.25) is 0 Å². The van der Waals surface area contributed by atoms with Crippen LogP contribution in [-0.2, 0) is 9.53 Å². The van der Waals surface area contributed by atoms with E-state index in [-0.39, 0.29) is 18.1 Å². The van der Waals surface area contributed by atoms with Crippen LogP contribution in [0, 0.1) is 0 Å². The van der Waals surface area contributed by atoms with Crippen LogP contribution >= 0.6 is 0 Å². The van der Waals surface area contributed by atoms with Gasteiger partial charge in [0.05, 0.1) is 5.69 Å². The Bertz CT molecular complexity index is 1020. The van der Waals surface area contributed by atoms with Crippen molar-refractivity contribution in [2.75, 3.05) is 19.7 Å². The van der Waals surface area contributed by atoms with Gasteiger partial charge in [-0.1, -0.05) is 24.3 Å². The van der Waals surface area contributed by atoms with Crippen LogP contribution < -0.4 is 4.74 Å². The average Bonchev–Trinajstić information content (AvgIpc) is 3.34. The van der Waals surface area contributed by atoms with Crippen molar-refractivity contribution in [1.82, 2.24) is 9.88 Å². The summed E-state index contributed by atoms with van der Waals surface area (Å²) in [6, 6.07) is 18.5. The number of carbonyl (C=O) groups is 1. The lowest BCUT2D eigenvalue weighted by Crippen LogP contribution is -2.45. The van der Waals surface area contributed by atoms with Gasteiger partial charge in [-0.15, -0.1) is 0 Å². The quantitative estimate of drug-likeness (QED) is 0.647. The molecule has 5 heteroatoms. The first kappa shape index (κ1) is 19.1. The zero-order valence-electron chi connectivity index (χ0n) is 17.0. The molecule has 3 heterocycles. The largest absolute Gasteiger partial charge is 0.490 e. The predicted molar refractivity (Wildman–Crippen MR) is 116 cm³/mol. The van der Waals surface area contributed by atoms with Crippen LogP contribution in [0.1, 0.15) is 25.7 Å². The van der Waals surface area contributed by atoms with Crippen molar-refractivity contribution in [3.05, 3.63) is 60.8 Å². The number of rotatable bonds is 4. The standard InChI is InChI=1S/C25H26N2O3/c28-25(24-6-3-15-29-24)27-13-11-22(12-14-27)30-21-9-7-18(8-10-21)23-16-19-4-1-2-5-20(19)17-26-23/h1-2,4-5,7-10,16-17,22,24H,3,6,11-15H2. The highest BCUT2D eigenvalue weighted by molar-refractivity contribution is 5.85. The molecule has 5 rings (SSSR count). The van der Waals surface area contributed by atoms with Gasteiger partial charge >= 0.3 is 0 Å². The number of fused-ring (bicyclic) bond motifs is 1. The minimum Gasteiger partial charge on any atom is -0.490 e. The minimum absolute atomic E-state index is 0.142. The number of ether oxygens (including phenoxy) is 2. The molecule has 0 radical (unpaired) electrons. The minimum atomic E-state index is -0.223. The zero-order valence-corrected chi connectivity index (χ0v) is 17.0. The molecule has 0 aliphatic carbocycles. The molecular formula is C25H26N2O3. The smallest absolute Gasteiger partial charge is 0.251 e. The molecule has 2 aromatic carbocycles. The first-order chi connectivity index (χ1) is 14.8. The second-order valence-electron chi connectivity index (χ2n) is 8.09. The Morgan fingerprint density at radius 3 is 2.50 bits per heavy atom. The van der Waals surface area contributed by atoms with E-state index in [4.69, 9.17) is 9.47 Å². The van der Waals surface area contributed by atoms with Crippen LogP contribution in [0.4, 0.5) is 0 Å². The number of piperidine rings is 1. The van der Waals surface area contributed by atoms with Crippen LogP contribution in [0.15, 0.2) is 60.8 Å². The van der Waals surface area contributed by atoms with E-state index < -0.39 is 0 Å². The Morgan fingerprint density at radius 1 is 1.00 bits per heavy atom. The number of carbonyl (C=O) groups excluding carboxylic acids is 1. The van der Waals surface area contributed by atoms with E-state index in [9.17, 15) is 4.79 Å². The monoisotopic (exact) mass is 402 g/mol. The summed E-state index contributed by atoms with van der Waals surface area (Å²) in [6.07, 6.45) is 5.38. The van der Waals surface area contributed by atoms with Crippen molar-refractivity contribution < 1.29 is 14.3 Å². The fraction of sp³-hybridized carbons (Fsp3) is 0.360. The molecule has 1 atom stereocenters. The predicted octanol–water partition coefficient (Wildman–Crippen LogP) is 4.45. The molecule has 0 saturated carbocycles. The SMILES string of the molecule is O=C(C1CCCO1)N1CCC(Oc2ccc(-c3cc4ccccc4cn3)cc2)CC1. The van der Waals surface area contributed by atoms with Gasteiger partial charge in [0.25, 0.3) is 5.91 Å². The molecule has 2 saturated heterocycles. The van der Waals surface area contributed by atoms with E-state index in [2.05, 4.69) is 35.3 Å². The van der Waals surface area contributed by atoms with E-state index in [0.717, 1.165) is 61.2 Å². The maximum absolute atomic E-state index is 12.5. The Morgan fingerprint density at radius 2 is 1.77 bits per heavy atom. The third-order valence-corrected chi connectivity index (χ3v) is 6.04. The summed E-state index contributed by atoms with van der Waals surface area (Å²) in [5, 5.41) is 2.33. The van der Waals surface area contributed by atoms with Crippen LogP contribution in [-0.4, -0.2) is 47.7 Å². The van der Waals surface area contributed by atoms with Gasteiger partial charge in [-0.3, -0.25) is 9.78 Å². The van der Waals surface area contributed by atoms with Crippen molar-refractivity contribution >= 4 is 16.7 Å². The fourth-order valence-corrected chi connectivity index (χ4v) is 4.31. The number of hydrogen-bond acceptors (Lipinski definition) is 4. The summed E-state index contributed by atoms with van der Waals surface area (Å²) in [7, 11) is 0. The topological polar surface area (TPSA) is 51.7 Å². The summed E-state index contributed by atoms with van der Waals surface area (Å²) in [5.74, 6) is 1.02. The molecule has 3 aromatic rings. The molecule has 5 nitrogen and oxygen atoms in total. The van der Waals surface area contributed by atoms with E-state index in [0.29, 0.717) is 6.61 Å². The lowest BCUT2D eigenvalue weighted by atomic mass is 10.1. The number of pyridine rings is 1. The van der Waals surface area contributed by atoms with Crippen LogP contribution in [0.2, 0.25) is 0 Å². The van der Waals surface area contributed by atoms with Crippen LogP contribution in [0.25, 0.3) is 22.0 Å². The molecule has 30 heavy (non-hydrogen) atoms. The number of hydrogen-bond donors (Lipinski definition) is 0. The molecular weight excluding hydrogens is 376 g/mol. The number of benzene rings is 2. The molecule has 1 unspecified atom stereocenters. The van der Waals surface area contributed by atoms with Gasteiger partial charge in [-0.2, -0.15) is 0 Å². The molecule has 2 aliphatic heterocycles. The summed E-state index contributed by atoms with van der Waals surface area (Å²) >= 11 is 0. The van der Waals surface area contributed by atoms with Crippen molar-refractivity contribution in [2.24, 2.45) is 0 Å². The number of amides is 1. The van der Waals surface area contributed by atoms with Gasteiger partial charge < -0.3 is 14.4 Å². The van der Waals surface area contributed by atoms with Crippen molar-refractivity contribution in [2.45, 2.75) is 37.9 Å². The lowest BCUT2D eigenvalue weighted by Gasteiger charge is -2.33. The number of nitrogens with zero attached hydrogens (tertiary/aromatic N) is 2. The van der Waals surface area contributed by atoms with E-state index in [1.807, 2.05) is 35.4 Å². The first-order valence-electron chi connectivity index (χ1n) is 10.8. The van der Waals surface area contributed by atoms with E-state index in [1.54, 1.807) is 0 Å². The summed E-state index contributed by atoms with van der Waals surface area (Å²) in [6.45, 7) is 2.19. The molecule has 0 spiro atoms. The molecule has 0 bridgehead atoms. The fourth-order valence-electron chi connectivity index (χ4n) is 4.31. The molecule has 0 N–H and O–H groups in total. The molecule has 2 aliphatic rings. The summed E-state index contributed by atoms with van der Waals surface area (Å²) in [4.78, 5) is 19.0. The number of aromatic nitrogens is 1. The van der Waals surface area contributed by atoms with Gasteiger partial charge in [-0.25, -0.2) is 0 Å². The van der Waals surface area contributed by atoms with Gasteiger partial charge in [0.15, 0.2) is 0 Å². The third kappa shape index (κ3) is 4.03. The molecule has 154 valence electrons. The van der Waals surface area contributed by atoms with Gasteiger partial charge in [0, 0.05) is 49.7 Å². The highest BCUT2D eigenvalue weighted by atomic mass is 16.5. The van der Waals surface area contributed by atoms with E-state index >= 15 is 0 Å². The van der Waals surface area contributed by atoms with Crippen molar-refractivity contribution in [3.63, 3.8) is 0 Å².